The zero-order valence-corrected chi connectivity index (χ0v) is 8.37. The Morgan fingerprint density at radius 2 is 2.09 bits per heavy atom. The van der Waals surface area contributed by atoms with Crippen LogP contribution in [0.3, 0.4) is 0 Å². The van der Waals surface area contributed by atoms with Crippen LogP contribution in [-0.2, 0) is 0 Å². The molecule has 0 amide bonds. The quantitative estimate of drug-likeness (QED) is 0.631. The number of hydrogen-bond acceptors (Lipinski definition) is 2. The minimum atomic E-state index is 0.0107. The third-order valence-electron chi connectivity index (χ3n) is 1.57. The van der Waals surface area contributed by atoms with Crippen molar-refractivity contribution in [2.45, 2.75) is 33.2 Å². The lowest BCUT2D eigenvalue weighted by Gasteiger charge is -2.17. The highest BCUT2D eigenvalue weighted by Gasteiger charge is 2.11. The van der Waals surface area contributed by atoms with E-state index in [4.69, 9.17) is 18.0 Å². The van der Waals surface area contributed by atoms with Crippen molar-refractivity contribution in [1.29, 1.82) is 0 Å². The molecule has 0 saturated carbocycles. The van der Waals surface area contributed by atoms with E-state index in [1.807, 2.05) is 0 Å². The number of nitrogens with one attached hydrogen (secondary N) is 1. The maximum absolute atomic E-state index is 5.80. The van der Waals surface area contributed by atoms with Crippen LogP contribution in [0.5, 0.6) is 0 Å². The molecule has 0 fully saturated rings. The van der Waals surface area contributed by atoms with Crippen LogP contribution in [0.15, 0.2) is 0 Å². The summed E-state index contributed by atoms with van der Waals surface area (Å²) >= 11 is 5.08. The Morgan fingerprint density at radius 3 is 2.45 bits per heavy atom. The molecule has 11 heavy (non-hydrogen) atoms. The fraction of sp³-hybridized carbons (Fsp3) is 0.875. The zero-order valence-electron chi connectivity index (χ0n) is 7.55. The monoisotopic (exact) mass is 174 g/mol. The second-order valence-electron chi connectivity index (χ2n) is 3.06. The van der Waals surface area contributed by atoms with Crippen molar-refractivity contribution < 1.29 is 0 Å². The van der Waals surface area contributed by atoms with Crippen LogP contribution < -0.4 is 11.1 Å². The highest BCUT2D eigenvalue weighted by Crippen LogP contribution is 1.98. The van der Waals surface area contributed by atoms with E-state index in [9.17, 15) is 0 Å². The molecule has 0 radical (unpaired) electrons. The van der Waals surface area contributed by atoms with Crippen molar-refractivity contribution in [3.8, 4) is 0 Å². The van der Waals surface area contributed by atoms with Crippen molar-refractivity contribution in [2.75, 3.05) is 6.54 Å². The van der Waals surface area contributed by atoms with Gasteiger partial charge in [-0.15, -0.1) is 0 Å². The molecule has 0 heterocycles. The molecule has 0 aromatic rings. The van der Waals surface area contributed by atoms with E-state index < -0.39 is 0 Å². The summed E-state index contributed by atoms with van der Waals surface area (Å²) < 4.78 is 0. The Bertz CT molecular complexity index is 123. The Hall–Kier alpha value is -0.150. The molecule has 0 rings (SSSR count). The molecule has 2 nitrogen and oxygen atoms in total. The Kier molecular flexibility index (Phi) is 5.42. The first-order valence-electron chi connectivity index (χ1n) is 4.12. The van der Waals surface area contributed by atoms with Crippen LogP contribution in [0.2, 0.25) is 0 Å². The average molecular weight is 174 g/mol. The summed E-state index contributed by atoms with van der Waals surface area (Å²) in [6.45, 7) is 7.19. The van der Waals surface area contributed by atoms with Gasteiger partial charge in [0.25, 0.3) is 0 Å². The molecule has 0 bridgehead atoms. The second-order valence-corrected chi connectivity index (χ2v) is 3.50. The Morgan fingerprint density at radius 1 is 1.55 bits per heavy atom. The van der Waals surface area contributed by atoms with Gasteiger partial charge < -0.3 is 11.1 Å². The van der Waals surface area contributed by atoms with E-state index in [1.165, 1.54) is 0 Å². The zero-order chi connectivity index (χ0) is 8.85. The SMILES string of the molecule is CCCNC(=S)[C@@H](N)C(C)C. The van der Waals surface area contributed by atoms with Gasteiger partial charge in [0.2, 0.25) is 0 Å². The average Bonchev–Trinajstić information content (AvgIpc) is 1.98. The Balaban J connectivity index is 3.64. The largest absolute Gasteiger partial charge is 0.378 e. The van der Waals surface area contributed by atoms with Gasteiger partial charge in [-0.2, -0.15) is 0 Å². The fourth-order valence-electron chi connectivity index (χ4n) is 0.669. The van der Waals surface area contributed by atoms with Gasteiger partial charge >= 0.3 is 0 Å². The highest BCUT2D eigenvalue weighted by molar-refractivity contribution is 7.80. The minimum Gasteiger partial charge on any atom is -0.378 e. The highest BCUT2D eigenvalue weighted by atomic mass is 32.1. The minimum absolute atomic E-state index is 0.0107. The van der Waals surface area contributed by atoms with Crippen molar-refractivity contribution in [1.82, 2.24) is 5.32 Å². The van der Waals surface area contributed by atoms with Gasteiger partial charge in [0.1, 0.15) is 0 Å². The number of nitrogens with two attached hydrogens (primary N) is 1. The van der Waals surface area contributed by atoms with Gasteiger partial charge in [-0.3, -0.25) is 0 Å². The number of hydrogen-bond donors (Lipinski definition) is 2. The standard InChI is InChI=1S/C8H18N2S/c1-4-5-10-8(11)7(9)6(2)3/h6-7H,4-5,9H2,1-3H3,(H,10,11)/t7-/m0/s1. The van der Waals surface area contributed by atoms with Crippen molar-refractivity contribution in [3.63, 3.8) is 0 Å². The van der Waals surface area contributed by atoms with Crippen LogP contribution in [0, 0.1) is 5.92 Å². The molecule has 0 aliphatic heterocycles. The maximum Gasteiger partial charge on any atom is 0.0926 e. The summed E-state index contributed by atoms with van der Waals surface area (Å²) in [5.74, 6) is 0.423. The first-order chi connectivity index (χ1) is 5.09. The van der Waals surface area contributed by atoms with Gasteiger partial charge in [-0.1, -0.05) is 33.0 Å². The summed E-state index contributed by atoms with van der Waals surface area (Å²) in [5, 5.41) is 3.12. The molecule has 0 aliphatic carbocycles. The molecular formula is C8H18N2S. The van der Waals surface area contributed by atoms with Crippen LogP contribution in [-0.4, -0.2) is 17.6 Å². The molecule has 66 valence electrons. The second kappa shape index (κ2) is 5.49. The van der Waals surface area contributed by atoms with E-state index >= 15 is 0 Å². The number of rotatable bonds is 4. The van der Waals surface area contributed by atoms with E-state index in [-0.39, 0.29) is 6.04 Å². The smallest absolute Gasteiger partial charge is 0.0926 e. The van der Waals surface area contributed by atoms with Crippen LogP contribution >= 0.6 is 12.2 Å². The molecule has 3 heteroatoms. The molecule has 0 aromatic heterocycles. The predicted octanol–water partition coefficient (Wildman–Crippen LogP) is 1.30. The first kappa shape index (κ1) is 10.8. The van der Waals surface area contributed by atoms with Gasteiger partial charge in [-0.25, -0.2) is 0 Å². The van der Waals surface area contributed by atoms with E-state index in [0.29, 0.717) is 5.92 Å². The normalized spacial score (nSPS) is 13.2. The first-order valence-corrected chi connectivity index (χ1v) is 4.53. The topological polar surface area (TPSA) is 38.0 Å². The van der Waals surface area contributed by atoms with Crippen LogP contribution in [0.25, 0.3) is 0 Å². The third kappa shape index (κ3) is 4.32. The summed E-state index contributed by atoms with van der Waals surface area (Å²) in [6, 6.07) is 0.0107. The molecule has 3 N–H and O–H groups in total. The summed E-state index contributed by atoms with van der Waals surface area (Å²) in [6.07, 6.45) is 1.09. The number of thiocarbonyl (C=S) groups is 1. The summed E-state index contributed by atoms with van der Waals surface area (Å²) in [7, 11) is 0. The van der Waals surface area contributed by atoms with Crippen molar-refractivity contribution in [2.24, 2.45) is 11.7 Å². The van der Waals surface area contributed by atoms with E-state index in [2.05, 4.69) is 26.1 Å². The van der Waals surface area contributed by atoms with Gasteiger partial charge in [0.05, 0.1) is 11.0 Å². The van der Waals surface area contributed by atoms with E-state index in [1.54, 1.807) is 0 Å². The van der Waals surface area contributed by atoms with E-state index in [0.717, 1.165) is 18.0 Å². The fourth-order valence-corrected chi connectivity index (χ4v) is 1.04. The molecule has 0 spiro atoms. The third-order valence-corrected chi connectivity index (χ3v) is 1.99. The lowest BCUT2D eigenvalue weighted by Crippen LogP contribution is -2.42. The molecule has 0 aliphatic rings. The van der Waals surface area contributed by atoms with Crippen molar-refractivity contribution >= 4 is 17.2 Å². The van der Waals surface area contributed by atoms with Crippen LogP contribution in [0.4, 0.5) is 0 Å². The predicted molar refractivity (Wildman–Crippen MR) is 53.7 cm³/mol. The molecular weight excluding hydrogens is 156 g/mol. The lowest BCUT2D eigenvalue weighted by molar-refractivity contribution is 0.586. The van der Waals surface area contributed by atoms with Crippen molar-refractivity contribution in [3.05, 3.63) is 0 Å². The maximum atomic E-state index is 5.80. The van der Waals surface area contributed by atoms with Crippen LogP contribution in [0.1, 0.15) is 27.2 Å². The molecule has 1 atom stereocenters. The molecule has 0 unspecified atom stereocenters. The Labute approximate surface area is 74.5 Å². The molecule has 0 aromatic carbocycles. The lowest BCUT2D eigenvalue weighted by atomic mass is 10.1. The summed E-state index contributed by atoms with van der Waals surface area (Å²) in [4.78, 5) is 0.793. The molecule has 0 saturated heterocycles. The van der Waals surface area contributed by atoms with Gasteiger partial charge in [0.15, 0.2) is 0 Å². The van der Waals surface area contributed by atoms with Gasteiger partial charge in [-0.05, 0) is 12.3 Å². The summed E-state index contributed by atoms with van der Waals surface area (Å²) in [5.41, 5.74) is 5.80. The van der Waals surface area contributed by atoms with Gasteiger partial charge in [0, 0.05) is 6.54 Å².